The highest BCUT2D eigenvalue weighted by molar-refractivity contribution is 5.94. The van der Waals surface area contributed by atoms with E-state index in [1.165, 1.54) is 0 Å². The predicted octanol–water partition coefficient (Wildman–Crippen LogP) is -0.134. The van der Waals surface area contributed by atoms with Crippen molar-refractivity contribution < 1.29 is 29.1 Å². The molecule has 0 radical (unpaired) electrons. The number of primary amides is 1. The molecule has 0 aromatic heterocycles. The van der Waals surface area contributed by atoms with Crippen molar-refractivity contribution in [3.05, 3.63) is 0 Å². The van der Waals surface area contributed by atoms with Crippen LogP contribution in [0.4, 0.5) is 0 Å². The first-order chi connectivity index (χ1) is 15.2. The Balaban J connectivity index is 5.47. The Hall–Kier alpha value is -2.69. The zero-order valence-corrected chi connectivity index (χ0v) is 20.5. The minimum atomic E-state index is -1.33. The van der Waals surface area contributed by atoms with E-state index in [0.717, 1.165) is 0 Å². The van der Waals surface area contributed by atoms with Crippen LogP contribution in [0.15, 0.2) is 0 Å². The molecule has 0 spiro atoms. The van der Waals surface area contributed by atoms with Gasteiger partial charge in [0.25, 0.3) is 0 Å². The number of aliphatic carboxylic acids is 1. The van der Waals surface area contributed by atoms with E-state index in [0.29, 0.717) is 6.42 Å². The summed E-state index contributed by atoms with van der Waals surface area (Å²) in [6.45, 7) is 11.0. The smallest absolute Gasteiger partial charge is 0.326 e. The summed E-state index contributed by atoms with van der Waals surface area (Å²) in [6.07, 6.45) is 0.558. The Morgan fingerprint density at radius 1 is 0.848 bits per heavy atom. The van der Waals surface area contributed by atoms with Gasteiger partial charge in [0, 0.05) is 6.42 Å². The van der Waals surface area contributed by atoms with E-state index in [9.17, 15) is 29.1 Å². The van der Waals surface area contributed by atoms with Crippen LogP contribution in [0.1, 0.15) is 67.2 Å². The average Bonchev–Trinajstić information content (AvgIpc) is 2.71. The maximum atomic E-state index is 13.0. The fraction of sp³-hybridized carbons (Fsp3) is 0.773. The lowest BCUT2D eigenvalue weighted by Crippen LogP contribution is -2.59. The van der Waals surface area contributed by atoms with Crippen molar-refractivity contribution in [2.45, 2.75) is 91.4 Å². The number of amides is 4. The highest BCUT2D eigenvalue weighted by atomic mass is 16.4. The maximum absolute atomic E-state index is 13.0. The van der Waals surface area contributed by atoms with Gasteiger partial charge < -0.3 is 32.5 Å². The van der Waals surface area contributed by atoms with E-state index in [1.807, 2.05) is 27.7 Å². The quantitative estimate of drug-likeness (QED) is 0.191. The number of carboxylic acid groups (broad SMARTS) is 1. The molecule has 0 aromatic carbocycles. The highest BCUT2D eigenvalue weighted by Gasteiger charge is 2.32. The van der Waals surface area contributed by atoms with Crippen LogP contribution in [-0.2, 0) is 24.0 Å². The second-order valence-electron chi connectivity index (χ2n) is 9.24. The van der Waals surface area contributed by atoms with Crippen LogP contribution in [0.5, 0.6) is 0 Å². The van der Waals surface area contributed by atoms with E-state index < -0.39 is 53.8 Å². The third-order valence-electron chi connectivity index (χ3n) is 5.44. The number of hydrogen-bond acceptors (Lipinski definition) is 6. The molecular weight excluding hydrogens is 430 g/mol. The van der Waals surface area contributed by atoms with Gasteiger partial charge in [-0.2, -0.15) is 0 Å². The topological polar surface area (TPSA) is 194 Å². The van der Waals surface area contributed by atoms with Gasteiger partial charge in [-0.1, -0.05) is 48.0 Å². The minimum absolute atomic E-state index is 0.000801. The number of nitrogens with one attached hydrogen (secondary N) is 3. The number of carbonyl (C=O) groups is 5. The van der Waals surface area contributed by atoms with Crippen molar-refractivity contribution in [2.24, 2.45) is 29.2 Å². The Bertz CT molecular complexity index is 697. The molecule has 5 atom stereocenters. The van der Waals surface area contributed by atoms with Crippen molar-refractivity contribution >= 4 is 29.6 Å². The Labute approximate surface area is 195 Å². The normalized spacial score (nSPS) is 15.8. The summed E-state index contributed by atoms with van der Waals surface area (Å²) in [6, 6.07) is -4.07. The monoisotopic (exact) mass is 471 g/mol. The van der Waals surface area contributed by atoms with Crippen molar-refractivity contribution in [3.63, 3.8) is 0 Å². The van der Waals surface area contributed by atoms with Gasteiger partial charge in [0.05, 0.1) is 6.04 Å². The molecule has 11 heteroatoms. The van der Waals surface area contributed by atoms with Crippen molar-refractivity contribution in [3.8, 4) is 0 Å². The third kappa shape index (κ3) is 11.1. The van der Waals surface area contributed by atoms with E-state index in [4.69, 9.17) is 11.5 Å². The fourth-order valence-corrected chi connectivity index (χ4v) is 3.08. The van der Waals surface area contributed by atoms with Crippen molar-refractivity contribution in [2.75, 3.05) is 0 Å². The summed E-state index contributed by atoms with van der Waals surface area (Å²) in [5, 5.41) is 17.0. The molecule has 0 aliphatic rings. The molecule has 0 saturated carbocycles. The van der Waals surface area contributed by atoms with Gasteiger partial charge in [-0.25, -0.2) is 4.79 Å². The van der Waals surface area contributed by atoms with Gasteiger partial charge in [0.1, 0.15) is 18.1 Å². The van der Waals surface area contributed by atoms with E-state index in [1.54, 1.807) is 13.8 Å². The molecule has 0 bridgehead atoms. The largest absolute Gasteiger partial charge is 0.480 e. The second-order valence-corrected chi connectivity index (χ2v) is 9.24. The summed E-state index contributed by atoms with van der Waals surface area (Å²) in [7, 11) is 0. The first-order valence-corrected chi connectivity index (χ1v) is 11.4. The van der Waals surface area contributed by atoms with Crippen LogP contribution in [-0.4, -0.2) is 58.9 Å². The average molecular weight is 472 g/mol. The molecule has 0 aliphatic heterocycles. The summed E-state index contributed by atoms with van der Waals surface area (Å²) in [4.78, 5) is 60.8. The summed E-state index contributed by atoms with van der Waals surface area (Å²) in [5.74, 6) is -4.09. The van der Waals surface area contributed by atoms with E-state index in [-0.39, 0.29) is 37.0 Å². The van der Waals surface area contributed by atoms with E-state index in [2.05, 4.69) is 16.0 Å². The van der Waals surface area contributed by atoms with E-state index >= 15 is 0 Å². The predicted molar refractivity (Wildman–Crippen MR) is 124 cm³/mol. The van der Waals surface area contributed by atoms with Crippen LogP contribution in [0.3, 0.4) is 0 Å². The molecule has 4 amide bonds. The lowest BCUT2D eigenvalue weighted by Gasteiger charge is -2.28. The van der Waals surface area contributed by atoms with Crippen LogP contribution in [0.25, 0.3) is 0 Å². The van der Waals surface area contributed by atoms with Crippen LogP contribution < -0.4 is 27.4 Å². The molecule has 0 aliphatic carbocycles. The van der Waals surface area contributed by atoms with Gasteiger partial charge in [-0.15, -0.1) is 0 Å². The van der Waals surface area contributed by atoms with Crippen LogP contribution >= 0.6 is 0 Å². The number of carbonyl (C=O) groups excluding carboxylic acids is 4. The molecular formula is C22H41N5O6. The highest BCUT2D eigenvalue weighted by Crippen LogP contribution is 2.11. The van der Waals surface area contributed by atoms with Gasteiger partial charge in [0.15, 0.2) is 0 Å². The third-order valence-corrected chi connectivity index (χ3v) is 5.44. The summed E-state index contributed by atoms with van der Waals surface area (Å²) in [5.41, 5.74) is 11.0. The Morgan fingerprint density at radius 2 is 1.39 bits per heavy atom. The standard InChI is InChI=1S/C22H41N5O6/c1-7-13(6)17(24)20(30)27-18(12(4)5)21(31)26-15(10-11(2)3)19(29)25-14(22(32)33)8-9-16(23)28/h11-15,17-18H,7-10,24H2,1-6H3,(H2,23,28)(H,25,29)(H,26,31)(H,27,30)(H,32,33). The molecule has 0 fully saturated rings. The second kappa shape index (κ2) is 14.5. The van der Waals surface area contributed by atoms with Gasteiger partial charge in [-0.3, -0.25) is 19.2 Å². The molecule has 0 saturated heterocycles. The number of nitrogens with two attached hydrogens (primary N) is 2. The molecule has 0 rings (SSSR count). The van der Waals surface area contributed by atoms with Crippen LogP contribution in [0.2, 0.25) is 0 Å². The van der Waals surface area contributed by atoms with Crippen molar-refractivity contribution in [1.82, 2.24) is 16.0 Å². The van der Waals surface area contributed by atoms with Gasteiger partial charge >= 0.3 is 5.97 Å². The first kappa shape index (κ1) is 30.3. The number of carboxylic acids is 1. The summed E-state index contributed by atoms with van der Waals surface area (Å²) >= 11 is 0. The SMILES string of the molecule is CCC(C)C(N)C(=O)NC(C(=O)NC(CC(C)C)C(=O)NC(CCC(N)=O)C(=O)O)C(C)C. The van der Waals surface area contributed by atoms with Crippen LogP contribution in [0, 0.1) is 17.8 Å². The molecule has 8 N–H and O–H groups in total. The molecule has 0 aromatic rings. The molecule has 33 heavy (non-hydrogen) atoms. The van der Waals surface area contributed by atoms with Gasteiger partial charge in [0.2, 0.25) is 23.6 Å². The molecule has 11 nitrogen and oxygen atoms in total. The van der Waals surface area contributed by atoms with Gasteiger partial charge in [-0.05, 0) is 30.6 Å². The number of rotatable bonds is 15. The number of hydrogen-bond donors (Lipinski definition) is 6. The maximum Gasteiger partial charge on any atom is 0.326 e. The summed E-state index contributed by atoms with van der Waals surface area (Å²) < 4.78 is 0. The molecule has 190 valence electrons. The lowest BCUT2D eigenvalue weighted by atomic mass is 9.96. The Kier molecular flexibility index (Phi) is 13.3. The molecule has 5 unspecified atom stereocenters. The van der Waals surface area contributed by atoms with Crippen molar-refractivity contribution in [1.29, 1.82) is 0 Å². The zero-order chi connectivity index (χ0) is 25.9. The molecule has 0 heterocycles. The first-order valence-electron chi connectivity index (χ1n) is 11.4. The lowest BCUT2D eigenvalue weighted by molar-refractivity contribution is -0.142. The fourth-order valence-electron chi connectivity index (χ4n) is 3.08. The zero-order valence-electron chi connectivity index (χ0n) is 20.5. The Morgan fingerprint density at radius 3 is 1.82 bits per heavy atom. The minimum Gasteiger partial charge on any atom is -0.480 e.